The fourth-order valence-electron chi connectivity index (χ4n) is 8.31. The number of fused-ring (bicyclic) bond motifs is 1. The van der Waals surface area contributed by atoms with E-state index >= 15 is 8.78 Å². The normalized spacial score (nSPS) is 19.8. The number of nitrogens with zero attached hydrogens (tertiary/aromatic N) is 6. The highest BCUT2D eigenvalue weighted by Crippen LogP contribution is 2.47. The third-order valence-corrected chi connectivity index (χ3v) is 11.0. The van der Waals surface area contributed by atoms with Crippen molar-refractivity contribution in [2.24, 2.45) is 0 Å². The molecule has 3 fully saturated rings. The maximum Gasteiger partial charge on any atom is 0.237 e. The second kappa shape index (κ2) is 13.5. The quantitative estimate of drug-likeness (QED) is 0.276. The number of aromatic nitrogens is 3. The summed E-state index contributed by atoms with van der Waals surface area (Å²) in [5.74, 6) is -0.307. The first-order valence-electron chi connectivity index (χ1n) is 17.8. The molecule has 5 heterocycles. The summed E-state index contributed by atoms with van der Waals surface area (Å²) in [4.78, 5) is 43.9. The molecular weight excluding hydrogens is 668 g/mol. The molecule has 0 saturated carbocycles. The van der Waals surface area contributed by atoms with Crippen LogP contribution in [0.3, 0.4) is 0 Å². The minimum absolute atomic E-state index is 0.0599. The Kier molecular flexibility index (Phi) is 8.86. The van der Waals surface area contributed by atoms with Crippen molar-refractivity contribution in [3.63, 3.8) is 0 Å². The monoisotopic (exact) mass is 709 g/mol. The van der Waals surface area contributed by atoms with Gasteiger partial charge in [0.1, 0.15) is 17.3 Å². The lowest BCUT2D eigenvalue weighted by Gasteiger charge is -2.50. The first-order valence-corrected chi connectivity index (χ1v) is 17.8. The van der Waals surface area contributed by atoms with Crippen molar-refractivity contribution in [3.8, 4) is 45.4 Å². The van der Waals surface area contributed by atoms with E-state index in [4.69, 9.17) is 14.5 Å². The SMILES string of the molecule is COc1nc(-c2cccc(-c3cccc(-c4cc5c(c(OC)n4)[C@@H](N4CC6(CCC(=O)N6)C4)CC5)c3F)c2F)cnc1CN1CCN(C(C)=O)CC1. The van der Waals surface area contributed by atoms with Gasteiger partial charge in [0, 0.05) is 93.0 Å². The molecule has 4 aliphatic rings. The van der Waals surface area contributed by atoms with E-state index in [9.17, 15) is 9.59 Å². The Morgan fingerprint density at radius 2 is 1.54 bits per heavy atom. The lowest BCUT2D eigenvalue weighted by Crippen LogP contribution is -2.67. The van der Waals surface area contributed by atoms with E-state index in [1.807, 2.05) is 11.0 Å². The van der Waals surface area contributed by atoms with Crippen molar-refractivity contribution in [2.75, 3.05) is 53.5 Å². The smallest absolute Gasteiger partial charge is 0.237 e. The number of aryl methyl sites for hydroxylation is 1. The number of rotatable bonds is 8. The standard InChI is InChI=1S/C39H41F2N7O4/c1-23(49)47-16-14-46(15-17-47)20-31-37(51-2)44-30(19-42-31)28-9-5-7-26(36(28)41)25-6-4-8-27(35(25)40)29-18-24-10-11-32(34(24)38(43-29)52-3)48-21-39(22-48)13-12-33(50)45-39/h4-9,18-19,32H,10-17,20-22H2,1-3H3,(H,45,50)/t32-/m0/s1. The van der Waals surface area contributed by atoms with E-state index in [2.05, 4.69) is 25.1 Å². The van der Waals surface area contributed by atoms with E-state index in [-0.39, 0.29) is 57.2 Å². The van der Waals surface area contributed by atoms with Crippen LogP contribution in [0.5, 0.6) is 11.8 Å². The van der Waals surface area contributed by atoms with Gasteiger partial charge >= 0.3 is 0 Å². The average molecular weight is 710 g/mol. The van der Waals surface area contributed by atoms with Crippen molar-refractivity contribution in [1.82, 2.24) is 35.0 Å². The largest absolute Gasteiger partial charge is 0.481 e. The molecule has 2 aromatic heterocycles. The topological polar surface area (TPSA) is 113 Å². The lowest BCUT2D eigenvalue weighted by atomic mass is 9.86. The maximum absolute atomic E-state index is 16.5. The third kappa shape index (κ3) is 6.05. The summed E-state index contributed by atoms with van der Waals surface area (Å²) in [6.45, 7) is 6.30. The van der Waals surface area contributed by atoms with Crippen LogP contribution in [-0.4, -0.2) is 100 Å². The lowest BCUT2D eigenvalue weighted by molar-refractivity contribution is -0.130. The summed E-state index contributed by atoms with van der Waals surface area (Å²) in [6, 6.07) is 11.8. The molecule has 52 heavy (non-hydrogen) atoms. The fraction of sp³-hybridized carbons (Fsp3) is 0.410. The van der Waals surface area contributed by atoms with Crippen LogP contribution in [0.25, 0.3) is 33.6 Å². The molecule has 270 valence electrons. The van der Waals surface area contributed by atoms with Crippen molar-refractivity contribution in [2.45, 2.75) is 50.7 Å². The van der Waals surface area contributed by atoms with Gasteiger partial charge in [0.2, 0.25) is 23.6 Å². The van der Waals surface area contributed by atoms with Crippen LogP contribution in [0.4, 0.5) is 8.78 Å². The van der Waals surface area contributed by atoms with Gasteiger partial charge < -0.3 is 19.7 Å². The van der Waals surface area contributed by atoms with Crippen LogP contribution in [0.15, 0.2) is 48.7 Å². The van der Waals surface area contributed by atoms with Gasteiger partial charge in [-0.3, -0.25) is 24.4 Å². The Morgan fingerprint density at radius 3 is 2.15 bits per heavy atom. The Labute approximate surface area is 301 Å². The third-order valence-electron chi connectivity index (χ3n) is 11.0. The predicted molar refractivity (Wildman–Crippen MR) is 189 cm³/mol. The molecular formula is C39H41F2N7O4. The number of pyridine rings is 1. The molecule has 2 amide bonds. The van der Waals surface area contributed by atoms with E-state index in [1.54, 1.807) is 50.4 Å². The van der Waals surface area contributed by atoms with Gasteiger partial charge in [-0.2, -0.15) is 0 Å². The van der Waals surface area contributed by atoms with Crippen LogP contribution in [-0.2, 0) is 22.6 Å². The zero-order chi connectivity index (χ0) is 36.1. The summed E-state index contributed by atoms with van der Waals surface area (Å²) in [7, 11) is 3.07. The highest BCUT2D eigenvalue weighted by Gasteiger charge is 2.51. The Morgan fingerprint density at radius 1 is 0.904 bits per heavy atom. The zero-order valence-corrected chi connectivity index (χ0v) is 29.5. The van der Waals surface area contributed by atoms with Gasteiger partial charge in [0.25, 0.3) is 0 Å². The van der Waals surface area contributed by atoms with Crippen LogP contribution in [0, 0.1) is 11.6 Å². The maximum atomic E-state index is 16.5. The van der Waals surface area contributed by atoms with E-state index in [0.29, 0.717) is 56.4 Å². The zero-order valence-electron chi connectivity index (χ0n) is 29.5. The first kappa shape index (κ1) is 34.1. The summed E-state index contributed by atoms with van der Waals surface area (Å²) < 4.78 is 44.3. The molecule has 2 aromatic carbocycles. The Hall–Kier alpha value is -5.01. The molecule has 8 rings (SSSR count). The highest BCUT2D eigenvalue weighted by molar-refractivity contribution is 5.80. The fourth-order valence-corrected chi connectivity index (χ4v) is 8.31. The summed E-state index contributed by atoms with van der Waals surface area (Å²) in [5.41, 5.74) is 3.83. The van der Waals surface area contributed by atoms with E-state index < -0.39 is 11.6 Å². The summed E-state index contributed by atoms with van der Waals surface area (Å²) in [6.07, 6.45) is 4.61. The van der Waals surface area contributed by atoms with Crippen LogP contribution in [0.1, 0.15) is 49.0 Å². The van der Waals surface area contributed by atoms with Gasteiger partial charge in [0.15, 0.2) is 0 Å². The number of hydrogen-bond donors (Lipinski definition) is 1. The molecule has 13 heteroatoms. The number of piperazine rings is 1. The molecule has 1 atom stereocenters. The second-order valence-electron chi connectivity index (χ2n) is 14.2. The average Bonchev–Trinajstić information content (AvgIpc) is 3.75. The molecule has 0 bridgehead atoms. The molecule has 3 aliphatic heterocycles. The predicted octanol–water partition coefficient (Wildman–Crippen LogP) is 4.78. The molecule has 4 aromatic rings. The second-order valence-corrected chi connectivity index (χ2v) is 14.2. The number of carbonyl (C=O) groups is 2. The molecule has 0 radical (unpaired) electrons. The van der Waals surface area contributed by atoms with Gasteiger partial charge in [0.05, 0.1) is 37.3 Å². The van der Waals surface area contributed by atoms with Crippen LogP contribution in [0.2, 0.25) is 0 Å². The number of methoxy groups -OCH3 is 2. The minimum Gasteiger partial charge on any atom is -0.481 e. The number of halogens is 2. The first-order chi connectivity index (χ1) is 25.2. The molecule has 11 nitrogen and oxygen atoms in total. The number of benzene rings is 2. The number of ether oxygens (including phenoxy) is 2. The summed E-state index contributed by atoms with van der Waals surface area (Å²) in [5, 5.41) is 3.15. The number of hydrogen-bond acceptors (Lipinski definition) is 9. The molecule has 3 saturated heterocycles. The minimum atomic E-state index is -0.629. The number of likely N-dealkylation sites (tertiary alicyclic amines) is 1. The van der Waals surface area contributed by atoms with Crippen molar-refractivity contribution >= 4 is 11.8 Å². The highest BCUT2D eigenvalue weighted by atomic mass is 19.1. The van der Waals surface area contributed by atoms with Crippen molar-refractivity contribution in [3.05, 3.63) is 77.1 Å². The van der Waals surface area contributed by atoms with E-state index in [0.717, 1.165) is 43.5 Å². The molecule has 0 unspecified atom stereocenters. The van der Waals surface area contributed by atoms with Crippen molar-refractivity contribution < 1.29 is 27.8 Å². The number of amides is 2. The van der Waals surface area contributed by atoms with Gasteiger partial charge in [-0.1, -0.05) is 24.3 Å². The number of nitrogens with one attached hydrogen (secondary N) is 1. The Bertz CT molecular complexity index is 2060. The Balaban J connectivity index is 1.05. The van der Waals surface area contributed by atoms with Gasteiger partial charge in [-0.05, 0) is 43.0 Å². The van der Waals surface area contributed by atoms with Gasteiger partial charge in [-0.25, -0.2) is 18.7 Å². The molecule has 1 aliphatic carbocycles. The van der Waals surface area contributed by atoms with Crippen LogP contribution >= 0.6 is 0 Å². The molecule has 1 spiro atoms. The summed E-state index contributed by atoms with van der Waals surface area (Å²) >= 11 is 0. The van der Waals surface area contributed by atoms with Crippen molar-refractivity contribution in [1.29, 1.82) is 0 Å². The van der Waals surface area contributed by atoms with E-state index in [1.165, 1.54) is 13.3 Å². The molecule has 1 N–H and O–H groups in total. The van der Waals surface area contributed by atoms with Gasteiger partial charge in [-0.15, -0.1) is 0 Å². The van der Waals surface area contributed by atoms with Crippen LogP contribution < -0.4 is 14.8 Å². The number of carbonyl (C=O) groups excluding carboxylic acids is 2.